The maximum Gasteiger partial charge on any atom is 0.0823 e. The quantitative estimate of drug-likeness (QED) is 0.660. The van der Waals surface area contributed by atoms with E-state index in [-0.39, 0.29) is 5.60 Å². The van der Waals surface area contributed by atoms with Crippen molar-refractivity contribution in [1.29, 1.82) is 0 Å². The number of hydrogen-bond donors (Lipinski definition) is 1. The van der Waals surface area contributed by atoms with Gasteiger partial charge in [0.15, 0.2) is 0 Å². The number of hydrogen-bond acceptors (Lipinski definition) is 2. The summed E-state index contributed by atoms with van der Waals surface area (Å²) in [6.07, 6.45) is 1.52. The molecule has 0 aromatic heterocycles. The van der Waals surface area contributed by atoms with Crippen molar-refractivity contribution in [2.45, 2.75) is 18.4 Å². The van der Waals surface area contributed by atoms with Crippen molar-refractivity contribution < 1.29 is 4.74 Å². The Bertz CT molecular complexity index is 88.4. The van der Waals surface area contributed by atoms with E-state index >= 15 is 0 Å². The van der Waals surface area contributed by atoms with Crippen LogP contribution in [0.15, 0.2) is 0 Å². The second kappa shape index (κ2) is 6.06. The predicted octanol–water partition coefficient (Wildman–Crippen LogP) is 1.59. The van der Waals surface area contributed by atoms with E-state index < -0.39 is 0 Å². The molecule has 2 N–H and O–H groups in total. The summed E-state index contributed by atoms with van der Waals surface area (Å²) >= 11 is 11.2. The lowest BCUT2D eigenvalue weighted by Gasteiger charge is -2.29. The van der Waals surface area contributed by atoms with Gasteiger partial charge in [0.25, 0.3) is 0 Å². The van der Waals surface area contributed by atoms with Crippen molar-refractivity contribution in [3.05, 3.63) is 0 Å². The van der Waals surface area contributed by atoms with Gasteiger partial charge < -0.3 is 10.5 Å². The lowest BCUT2D eigenvalue weighted by molar-refractivity contribution is -0.00733. The second-order valence-electron chi connectivity index (χ2n) is 2.47. The molecule has 0 aliphatic carbocycles. The molecule has 0 saturated carbocycles. The average molecular weight is 200 g/mol. The van der Waals surface area contributed by atoms with Gasteiger partial charge in [-0.2, -0.15) is 0 Å². The van der Waals surface area contributed by atoms with Crippen molar-refractivity contribution in [1.82, 2.24) is 0 Å². The zero-order valence-electron chi connectivity index (χ0n) is 6.78. The SMILES string of the molecule is COC(CN)(CCCl)CCCl. The topological polar surface area (TPSA) is 35.2 Å². The minimum absolute atomic E-state index is 0.302. The molecule has 0 saturated heterocycles. The molecule has 68 valence electrons. The Kier molecular flexibility index (Phi) is 6.34. The maximum absolute atomic E-state index is 5.60. The van der Waals surface area contributed by atoms with E-state index in [0.717, 1.165) is 12.8 Å². The van der Waals surface area contributed by atoms with Crippen LogP contribution in [0.1, 0.15) is 12.8 Å². The first-order chi connectivity index (χ1) is 5.24. The first-order valence-corrected chi connectivity index (χ1v) is 4.68. The van der Waals surface area contributed by atoms with Crippen LogP contribution in [-0.2, 0) is 4.74 Å². The predicted molar refractivity (Wildman–Crippen MR) is 49.5 cm³/mol. The van der Waals surface area contributed by atoms with Crippen LogP contribution in [0.2, 0.25) is 0 Å². The largest absolute Gasteiger partial charge is 0.377 e. The molecule has 0 aromatic rings. The third kappa shape index (κ3) is 3.61. The van der Waals surface area contributed by atoms with Crippen molar-refractivity contribution >= 4 is 23.2 Å². The summed E-state index contributed by atoms with van der Waals surface area (Å²) in [5.41, 5.74) is 5.25. The van der Waals surface area contributed by atoms with Crippen LogP contribution >= 0.6 is 23.2 Å². The van der Waals surface area contributed by atoms with Crippen LogP contribution < -0.4 is 5.73 Å². The molecule has 4 heteroatoms. The molecule has 0 unspecified atom stereocenters. The molecule has 2 nitrogen and oxygen atoms in total. The summed E-state index contributed by atoms with van der Waals surface area (Å²) in [5.74, 6) is 1.11. The van der Waals surface area contributed by atoms with Gasteiger partial charge in [-0.05, 0) is 12.8 Å². The van der Waals surface area contributed by atoms with Crippen molar-refractivity contribution in [3.63, 3.8) is 0 Å². The minimum atomic E-state index is -0.302. The molecule has 0 aromatic carbocycles. The first kappa shape index (κ1) is 11.5. The number of alkyl halides is 2. The Morgan fingerprint density at radius 3 is 1.91 bits per heavy atom. The van der Waals surface area contributed by atoms with Gasteiger partial charge in [-0.3, -0.25) is 0 Å². The Balaban J connectivity index is 3.96. The molecule has 0 radical (unpaired) electrons. The summed E-state index contributed by atoms with van der Waals surface area (Å²) in [4.78, 5) is 0. The first-order valence-electron chi connectivity index (χ1n) is 3.62. The normalized spacial score (nSPS) is 12.0. The third-order valence-electron chi connectivity index (χ3n) is 1.91. The van der Waals surface area contributed by atoms with Gasteiger partial charge in [0.05, 0.1) is 5.60 Å². The molecule has 11 heavy (non-hydrogen) atoms. The fraction of sp³-hybridized carbons (Fsp3) is 1.00. The Labute approximate surface area is 78.0 Å². The molecule has 0 bridgehead atoms. The second-order valence-corrected chi connectivity index (χ2v) is 3.23. The Morgan fingerprint density at radius 1 is 1.27 bits per heavy atom. The molecular formula is C7H15Cl2NO. The van der Waals surface area contributed by atoms with Gasteiger partial charge in [-0.15, -0.1) is 23.2 Å². The lowest BCUT2D eigenvalue weighted by Crippen LogP contribution is -2.40. The monoisotopic (exact) mass is 199 g/mol. The van der Waals surface area contributed by atoms with Crippen LogP contribution in [0, 0.1) is 0 Å². The summed E-state index contributed by atoms with van der Waals surface area (Å²) in [7, 11) is 1.64. The number of methoxy groups -OCH3 is 1. The molecule has 0 heterocycles. The van der Waals surface area contributed by atoms with Crippen molar-refractivity contribution in [3.8, 4) is 0 Å². The maximum atomic E-state index is 5.60. The van der Waals surface area contributed by atoms with Gasteiger partial charge in [-0.1, -0.05) is 0 Å². The average Bonchev–Trinajstić information content (AvgIpc) is 2.04. The fourth-order valence-electron chi connectivity index (χ4n) is 0.961. The molecule has 0 atom stereocenters. The van der Waals surface area contributed by atoms with Crippen LogP contribution in [0.3, 0.4) is 0 Å². The van der Waals surface area contributed by atoms with Gasteiger partial charge in [-0.25, -0.2) is 0 Å². The fourth-order valence-corrected chi connectivity index (χ4v) is 1.65. The van der Waals surface area contributed by atoms with E-state index in [2.05, 4.69) is 0 Å². The van der Waals surface area contributed by atoms with Crippen LogP contribution in [0.4, 0.5) is 0 Å². The number of halogens is 2. The Hall–Kier alpha value is 0.500. The van der Waals surface area contributed by atoms with Crippen LogP contribution in [-0.4, -0.2) is 31.0 Å². The van der Waals surface area contributed by atoms with Crippen LogP contribution in [0.5, 0.6) is 0 Å². The number of rotatable bonds is 6. The summed E-state index contributed by atoms with van der Waals surface area (Å²) < 4.78 is 5.27. The smallest absolute Gasteiger partial charge is 0.0823 e. The van der Waals surface area contributed by atoms with E-state index in [1.54, 1.807) is 7.11 Å². The standard InChI is InChI=1S/C7H15Cl2NO/c1-11-7(6-10,2-4-8)3-5-9/h2-6,10H2,1H3. The van der Waals surface area contributed by atoms with Crippen LogP contribution in [0.25, 0.3) is 0 Å². The zero-order chi connectivity index (χ0) is 8.74. The van der Waals surface area contributed by atoms with E-state index in [1.807, 2.05) is 0 Å². The molecular weight excluding hydrogens is 185 g/mol. The Morgan fingerprint density at radius 2 is 1.73 bits per heavy atom. The third-order valence-corrected chi connectivity index (χ3v) is 2.28. The highest BCUT2D eigenvalue weighted by molar-refractivity contribution is 6.18. The van der Waals surface area contributed by atoms with E-state index in [9.17, 15) is 0 Å². The minimum Gasteiger partial charge on any atom is -0.377 e. The van der Waals surface area contributed by atoms with Gasteiger partial charge in [0, 0.05) is 25.4 Å². The number of nitrogens with two attached hydrogens (primary N) is 1. The summed E-state index contributed by atoms with van der Waals surface area (Å²) in [5, 5.41) is 0. The molecule has 0 aliphatic heterocycles. The molecule has 0 fully saturated rings. The summed E-state index contributed by atoms with van der Waals surface area (Å²) in [6.45, 7) is 0.475. The van der Waals surface area contributed by atoms with E-state index in [1.165, 1.54) is 0 Å². The van der Waals surface area contributed by atoms with Gasteiger partial charge >= 0.3 is 0 Å². The van der Waals surface area contributed by atoms with Crippen molar-refractivity contribution in [2.24, 2.45) is 5.73 Å². The molecule has 0 amide bonds. The van der Waals surface area contributed by atoms with Gasteiger partial charge in [0.1, 0.15) is 0 Å². The van der Waals surface area contributed by atoms with Gasteiger partial charge in [0.2, 0.25) is 0 Å². The summed E-state index contributed by atoms with van der Waals surface area (Å²) in [6, 6.07) is 0. The molecule has 0 spiro atoms. The number of ether oxygens (including phenoxy) is 1. The van der Waals surface area contributed by atoms with E-state index in [4.69, 9.17) is 33.7 Å². The highest BCUT2D eigenvalue weighted by Gasteiger charge is 2.26. The lowest BCUT2D eigenvalue weighted by atomic mass is 9.97. The van der Waals surface area contributed by atoms with E-state index in [0.29, 0.717) is 18.3 Å². The van der Waals surface area contributed by atoms with Crippen molar-refractivity contribution in [2.75, 3.05) is 25.4 Å². The highest BCUT2D eigenvalue weighted by atomic mass is 35.5. The molecule has 0 aliphatic rings. The highest BCUT2D eigenvalue weighted by Crippen LogP contribution is 2.19. The molecule has 0 rings (SSSR count). The zero-order valence-corrected chi connectivity index (χ0v) is 8.29.